The number of nitrogens with zero attached hydrogens (tertiary/aromatic N) is 2. The van der Waals surface area contributed by atoms with Crippen molar-refractivity contribution >= 4 is 49.8 Å². The Morgan fingerprint density at radius 1 is 0.917 bits per heavy atom. The molecule has 0 atom stereocenters. The molecule has 7 heteroatoms. The Kier molecular flexibility index (Phi) is 5.62. The van der Waals surface area contributed by atoms with Gasteiger partial charge in [0.1, 0.15) is 0 Å². The Morgan fingerprint density at radius 2 is 1.56 bits per heavy atom. The number of barbiturate groups is 1. The molecule has 5 rings (SSSR count). The topological polar surface area (TPSA) is 69.7 Å². The zero-order valence-corrected chi connectivity index (χ0v) is 23.0. The minimum atomic E-state index is -0.612. The number of imide groups is 2. The Bertz CT molecular complexity index is 1440. The third-order valence-electron chi connectivity index (χ3n) is 7.54. The van der Waals surface area contributed by atoms with Gasteiger partial charge in [-0.05, 0) is 0 Å². The second kappa shape index (κ2) is 8.32. The average Bonchev–Trinajstić information content (AvgIpc) is 3.34. The number of benzene rings is 2. The zero-order chi connectivity index (χ0) is 26.0. The van der Waals surface area contributed by atoms with Crippen molar-refractivity contribution in [2.75, 3.05) is 19.4 Å². The van der Waals surface area contributed by atoms with Crippen LogP contribution in [-0.2, 0) is 20.4 Å². The summed E-state index contributed by atoms with van der Waals surface area (Å²) in [6.07, 6.45) is 1.65. The van der Waals surface area contributed by atoms with Gasteiger partial charge in [0, 0.05) is 0 Å². The van der Waals surface area contributed by atoms with Gasteiger partial charge in [-0.1, -0.05) is 0 Å². The quantitative estimate of drug-likeness (QED) is 0.289. The maximum absolute atomic E-state index is 12.6. The molecule has 1 saturated heterocycles. The number of amides is 4. The molecule has 0 radical (unpaired) electrons. The standard InChI is InChI=1S/C29H29N3O3Se/c1-28(2,17-14-18(36-16-17)15-19-25(33)31(5)27(35)32(6)26(19)34)21-11-9-12-22-24(21)30-23-13-8-7-10-20(23)29(22,3)4/h7-16,30H,1-6H3. The van der Waals surface area contributed by atoms with Crippen molar-refractivity contribution in [1.82, 2.24) is 9.80 Å². The number of nitrogens with one attached hydrogen (secondary N) is 1. The van der Waals surface area contributed by atoms with E-state index in [1.54, 1.807) is 6.08 Å². The van der Waals surface area contributed by atoms with Gasteiger partial charge in [-0.15, -0.1) is 0 Å². The van der Waals surface area contributed by atoms with Crippen LogP contribution in [0.3, 0.4) is 0 Å². The van der Waals surface area contributed by atoms with Gasteiger partial charge in [0.05, 0.1) is 0 Å². The van der Waals surface area contributed by atoms with E-state index in [1.165, 1.54) is 30.8 Å². The molecule has 0 aliphatic carbocycles. The first kappa shape index (κ1) is 24.3. The van der Waals surface area contributed by atoms with E-state index in [1.807, 2.05) is 0 Å². The molecule has 2 aliphatic heterocycles. The molecule has 0 spiro atoms. The first-order valence-corrected chi connectivity index (χ1v) is 13.7. The van der Waals surface area contributed by atoms with Gasteiger partial charge >= 0.3 is 218 Å². The molecule has 3 aromatic rings. The fourth-order valence-electron chi connectivity index (χ4n) is 5.17. The molecule has 184 valence electrons. The van der Waals surface area contributed by atoms with Crippen LogP contribution in [0.25, 0.3) is 6.08 Å². The van der Waals surface area contributed by atoms with Gasteiger partial charge < -0.3 is 0 Å². The number of carbonyl (C=O) groups is 3. The summed E-state index contributed by atoms with van der Waals surface area (Å²) in [6.45, 7) is 8.95. The zero-order valence-electron chi connectivity index (χ0n) is 21.3. The van der Waals surface area contributed by atoms with Crippen molar-refractivity contribution in [2.45, 2.75) is 38.5 Å². The Hall–Kier alpha value is -3.41. The molecule has 3 heterocycles. The van der Waals surface area contributed by atoms with Crippen LogP contribution in [0.1, 0.15) is 54.4 Å². The van der Waals surface area contributed by atoms with Crippen LogP contribution in [0.15, 0.2) is 59.0 Å². The van der Waals surface area contributed by atoms with E-state index in [4.69, 9.17) is 0 Å². The molecule has 36 heavy (non-hydrogen) atoms. The van der Waals surface area contributed by atoms with E-state index in [0.717, 1.165) is 31.2 Å². The Morgan fingerprint density at radius 3 is 2.25 bits per heavy atom. The Labute approximate surface area is 217 Å². The molecule has 1 aromatic heterocycles. The molecule has 0 bridgehead atoms. The van der Waals surface area contributed by atoms with E-state index in [0.29, 0.717) is 0 Å². The van der Waals surface area contributed by atoms with Crippen molar-refractivity contribution < 1.29 is 14.4 Å². The van der Waals surface area contributed by atoms with Crippen LogP contribution in [0.2, 0.25) is 0 Å². The summed E-state index contributed by atoms with van der Waals surface area (Å²) >= 11 is -0.0348. The summed E-state index contributed by atoms with van der Waals surface area (Å²) in [4.78, 5) is 41.5. The third-order valence-corrected chi connectivity index (χ3v) is 9.39. The number of para-hydroxylation sites is 2. The number of hydrogen-bond donors (Lipinski definition) is 1. The van der Waals surface area contributed by atoms with Gasteiger partial charge in [0.15, 0.2) is 0 Å². The van der Waals surface area contributed by atoms with Crippen LogP contribution in [0.5, 0.6) is 0 Å². The fourth-order valence-corrected chi connectivity index (χ4v) is 7.29. The molecule has 0 saturated carbocycles. The number of likely N-dealkylation sites (N-methyl/N-ethyl adjacent to an activating group) is 2. The van der Waals surface area contributed by atoms with Gasteiger partial charge in [-0.2, -0.15) is 0 Å². The number of fused-ring (bicyclic) bond motifs is 2. The van der Waals surface area contributed by atoms with E-state index in [-0.39, 0.29) is 30.9 Å². The number of hydrogen-bond acceptors (Lipinski definition) is 4. The normalized spacial score (nSPS) is 17.1. The maximum atomic E-state index is 12.6. The van der Waals surface area contributed by atoms with Crippen LogP contribution in [-0.4, -0.2) is 56.2 Å². The second-order valence-electron chi connectivity index (χ2n) is 10.5. The van der Waals surface area contributed by atoms with Gasteiger partial charge in [-0.3, -0.25) is 0 Å². The number of rotatable bonds is 3. The monoisotopic (exact) mass is 547 g/mol. The van der Waals surface area contributed by atoms with Crippen molar-refractivity contribution in [1.29, 1.82) is 0 Å². The molecular weight excluding hydrogens is 517 g/mol. The first-order valence-electron chi connectivity index (χ1n) is 11.9. The SMILES string of the molecule is CN1C(=O)C(=Cc2cc(C(C)(C)c3cccc4c3Nc3ccccc3C4(C)C)c[se]2)C(=O)N(C)C1=O. The van der Waals surface area contributed by atoms with E-state index < -0.39 is 17.8 Å². The second-order valence-corrected chi connectivity index (χ2v) is 12.4. The van der Waals surface area contributed by atoms with Crippen LogP contribution < -0.4 is 5.32 Å². The predicted molar refractivity (Wildman–Crippen MR) is 143 cm³/mol. The molecule has 0 unspecified atom stereocenters. The van der Waals surface area contributed by atoms with Crippen molar-refractivity contribution in [2.24, 2.45) is 0 Å². The van der Waals surface area contributed by atoms with Gasteiger partial charge in [0.25, 0.3) is 0 Å². The molecule has 1 N–H and O–H groups in total. The molecule has 2 aromatic carbocycles. The number of anilines is 2. The summed E-state index contributed by atoms with van der Waals surface area (Å²) in [5.74, 6) is -1.12. The van der Waals surface area contributed by atoms with Crippen LogP contribution in [0, 0.1) is 0 Å². The average molecular weight is 547 g/mol. The summed E-state index contributed by atoms with van der Waals surface area (Å²) < 4.78 is 0.932. The predicted octanol–water partition coefficient (Wildman–Crippen LogP) is 4.89. The summed E-state index contributed by atoms with van der Waals surface area (Å²) in [5, 5.41) is 3.71. The molecule has 2 aliphatic rings. The molecule has 1 fully saturated rings. The Balaban J connectivity index is 1.54. The van der Waals surface area contributed by atoms with Gasteiger partial charge in [-0.25, -0.2) is 0 Å². The molecular formula is C29H29N3O3Se. The summed E-state index contributed by atoms with van der Waals surface area (Å²) in [7, 11) is 2.79. The minimum absolute atomic E-state index is 0.0253. The van der Waals surface area contributed by atoms with Crippen molar-refractivity contribution in [3.63, 3.8) is 0 Å². The van der Waals surface area contributed by atoms with E-state index in [2.05, 4.69) is 86.5 Å². The van der Waals surface area contributed by atoms with E-state index in [9.17, 15) is 14.4 Å². The van der Waals surface area contributed by atoms with Gasteiger partial charge in [0.2, 0.25) is 0 Å². The summed E-state index contributed by atoms with van der Waals surface area (Å²) in [5.41, 5.74) is 6.72. The van der Waals surface area contributed by atoms with Crippen molar-refractivity contribution in [3.05, 3.63) is 85.7 Å². The van der Waals surface area contributed by atoms with E-state index >= 15 is 0 Å². The number of urea groups is 1. The van der Waals surface area contributed by atoms with Crippen LogP contribution >= 0.6 is 0 Å². The van der Waals surface area contributed by atoms with Crippen LogP contribution in [0.4, 0.5) is 16.2 Å². The number of carbonyl (C=O) groups excluding carboxylic acids is 3. The first-order chi connectivity index (χ1) is 16.9. The summed E-state index contributed by atoms with van der Waals surface area (Å²) in [6, 6.07) is 16.4. The fraction of sp³-hybridized carbons (Fsp3) is 0.276. The van der Waals surface area contributed by atoms with Crippen molar-refractivity contribution in [3.8, 4) is 0 Å². The molecule has 4 amide bonds. The molecule has 6 nitrogen and oxygen atoms in total. The third kappa shape index (κ3) is 3.57.